The van der Waals surface area contributed by atoms with Crippen LogP contribution in [0.25, 0.3) is 0 Å². The van der Waals surface area contributed by atoms with Gasteiger partial charge in [-0.15, -0.1) is 11.3 Å². The Morgan fingerprint density at radius 3 is 3.11 bits per heavy atom. The van der Waals surface area contributed by atoms with Crippen LogP contribution in [0.4, 0.5) is 0 Å². The molecule has 0 spiro atoms. The van der Waals surface area contributed by atoms with E-state index in [1.165, 1.54) is 6.42 Å². The van der Waals surface area contributed by atoms with Gasteiger partial charge in [0, 0.05) is 36.1 Å². The quantitative estimate of drug-likeness (QED) is 0.861. The first-order valence-corrected chi connectivity index (χ1v) is 7.55. The van der Waals surface area contributed by atoms with Gasteiger partial charge in [-0.1, -0.05) is 0 Å². The molecule has 4 nitrogen and oxygen atoms in total. The maximum absolute atomic E-state index is 12.1. The average molecular weight is 265 g/mol. The molecule has 98 valence electrons. The van der Waals surface area contributed by atoms with Crippen LogP contribution in [0.15, 0.2) is 5.38 Å². The van der Waals surface area contributed by atoms with Crippen molar-refractivity contribution in [2.45, 2.75) is 44.7 Å². The SMILES string of the molecule is Cc1csc(CCNC(=O)C2CC3CCC2N3)n1. The van der Waals surface area contributed by atoms with Gasteiger partial charge in [-0.05, 0) is 26.2 Å². The lowest BCUT2D eigenvalue weighted by Gasteiger charge is -2.19. The Morgan fingerprint density at radius 1 is 1.61 bits per heavy atom. The summed E-state index contributed by atoms with van der Waals surface area (Å²) >= 11 is 1.67. The standard InChI is InChI=1S/C13H19N3OS/c1-8-7-18-12(15-8)4-5-14-13(17)10-6-9-2-3-11(10)16-9/h7,9-11,16H,2-6H2,1H3,(H,14,17). The Balaban J connectivity index is 1.44. The van der Waals surface area contributed by atoms with E-state index in [-0.39, 0.29) is 11.8 Å². The predicted octanol–water partition coefficient (Wildman–Crippen LogP) is 1.25. The highest BCUT2D eigenvalue weighted by molar-refractivity contribution is 7.09. The highest BCUT2D eigenvalue weighted by Crippen LogP contribution is 2.33. The molecule has 0 aromatic carbocycles. The Morgan fingerprint density at radius 2 is 2.50 bits per heavy atom. The third kappa shape index (κ3) is 2.42. The smallest absolute Gasteiger partial charge is 0.224 e. The van der Waals surface area contributed by atoms with Crippen molar-refractivity contribution in [1.82, 2.24) is 15.6 Å². The highest BCUT2D eigenvalue weighted by Gasteiger charge is 2.42. The van der Waals surface area contributed by atoms with E-state index < -0.39 is 0 Å². The van der Waals surface area contributed by atoms with Crippen LogP contribution >= 0.6 is 11.3 Å². The molecule has 3 heterocycles. The molecular weight excluding hydrogens is 246 g/mol. The molecule has 1 amide bonds. The maximum atomic E-state index is 12.1. The van der Waals surface area contributed by atoms with Crippen molar-refractivity contribution in [3.63, 3.8) is 0 Å². The van der Waals surface area contributed by atoms with E-state index in [0.717, 1.165) is 30.0 Å². The van der Waals surface area contributed by atoms with Crippen molar-refractivity contribution < 1.29 is 4.79 Å². The number of fused-ring (bicyclic) bond motifs is 2. The monoisotopic (exact) mass is 265 g/mol. The Kier molecular flexibility index (Phi) is 3.35. The van der Waals surface area contributed by atoms with Crippen LogP contribution in [0.3, 0.4) is 0 Å². The summed E-state index contributed by atoms with van der Waals surface area (Å²) in [7, 11) is 0. The fraction of sp³-hybridized carbons (Fsp3) is 0.692. The zero-order chi connectivity index (χ0) is 12.5. The van der Waals surface area contributed by atoms with Crippen molar-refractivity contribution in [3.8, 4) is 0 Å². The third-order valence-corrected chi connectivity index (χ3v) is 4.97. The molecule has 2 aliphatic heterocycles. The van der Waals surface area contributed by atoms with E-state index in [1.807, 2.05) is 6.92 Å². The fourth-order valence-electron chi connectivity index (χ4n) is 3.06. The first kappa shape index (κ1) is 12.1. The van der Waals surface area contributed by atoms with Gasteiger partial charge >= 0.3 is 0 Å². The Hall–Kier alpha value is -0.940. The molecule has 5 heteroatoms. The molecule has 18 heavy (non-hydrogen) atoms. The topological polar surface area (TPSA) is 54.0 Å². The number of thiazole rings is 1. The zero-order valence-electron chi connectivity index (χ0n) is 10.6. The van der Waals surface area contributed by atoms with E-state index in [2.05, 4.69) is 21.0 Å². The van der Waals surface area contributed by atoms with Gasteiger partial charge in [0.2, 0.25) is 5.91 Å². The molecular formula is C13H19N3OS. The van der Waals surface area contributed by atoms with E-state index in [0.29, 0.717) is 18.6 Å². The van der Waals surface area contributed by atoms with Gasteiger partial charge in [0.1, 0.15) is 0 Å². The molecule has 1 aromatic rings. The van der Waals surface area contributed by atoms with Gasteiger partial charge in [0.15, 0.2) is 0 Å². The number of nitrogens with one attached hydrogen (secondary N) is 2. The highest BCUT2D eigenvalue weighted by atomic mass is 32.1. The van der Waals surface area contributed by atoms with E-state index in [4.69, 9.17) is 0 Å². The predicted molar refractivity (Wildman–Crippen MR) is 71.6 cm³/mol. The molecule has 2 aliphatic rings. The number of nitrogens with zero attached hydrogens (tertiary/aromatic N) is 1. The average Bonchev–Trinajstić information content (AvgIpc) is 3.05. The van der Waals surface area contributed by atoms with Crippen LogP contribution < -0.4 is 10.6 Å². The van der Waals surface area contributed by atoms with E-state index in [1.54, 1.807) is 11.3 Å². The van der Waals surface area contributed by atoms with Gasteiger partial charge < -0.3 is 10.6 Å². The van der Waals surface area contributed by atoms with Gasteiger partial charge in [-0.25, -0.2) is 4.98 Å². The maximum Gasteiger partial charge on any atom is 0.224 e. The largest absolute Gasteiger partial charge is 0.355 e. The molecule has 3 unspecified atom stereocenters. The summed E-state index contributed by atoms with van der Waals surface area (Å²) in [5.41, 5.74) is 1.07. The lowest BCUT2D eigenvalue weighted by Crippen LogP contribution is -2.38. The van der Waals surface area contributed by atoms with Crippen molar-refractivity contribution in [2.75, 3.05) is 6.54 Å². The van der Waals surface area contributed by atoms with Crippen LogP contribution in [-0.2, 0) is 11.2 Å². The number of rotatable bonds is 4. The van der Waals surface area contributed by atoms with Crippen LogP contribution in [0, 0.1) is 12.8 Å². The van der Waals surface area contributed by atoms with Crippen LogP contribution in [0.1, 0.15) is 30.0 Å². The van der Waals surface area contributed by atoms with Crippen LogP contribution in [-0.4, -0.2) is 29.5 Å². The zero-order valence-corrected chi connectivity index (χ0v) is 11.4. The molecule has 2 fully saturated rings. The summed E-state index contributed by atoms with van der Waals surface area (Å²) < 4.78 is 0. The molecule has 2 N–H and O–H groups in total. The van der Waals surface area contributed by atoms with Crippen molar-refractivity contribution in [3.05, 3.63) is 16.1 Å². The van der Waals surface area contributed by atoms with E-state index in [9.17, 15) is 4.79 Å². The molecule has 3 atom stereocenters. The number of aryl methyl sites for hydroxylation is 1. The first-order valence-electron chi connectivity index (χ1n) is 6.67. The second-order valence-corrected chi connectivity index (χ2v) is 6.26. The molecule has 2 saturated heterocycles. The minimum atomic E-state index is 0.196. The number of aromatic nitrogens is 1. The molecule has 3 rings (SSSR count). The lowest BCUT2D eigenvalue weighted by molar-refractivity contribution is -0.125. The Bertz CT molecular complexity index is 445. The second kappa shape index (κ2) is 4.97. The first-order chi connectivity index (χ1) is 8.72. The summed E-state index contributed by atoms with van der Waals surface area (Å²) in [6.07, 6.45) is 4.27. The number of hydrogen-bond acceptors (Lipinski definition) is 4. The minimum absolute atomic E-state index is 0.196. The summed E-state index contributed by atoms with van der Waals surface area (Å²) in [6, 6.07) is 1.02. The number of carbonyl (C=O) groups is 1. The van der Waals surface area contributed by atoms with Gasteiger partial charge in [0.25, 0.3) is 0 Å². The molecule has 0 saturated carbocycles. The lowest BCUT2D eigenvalue weighted by atomic mass is 9.88. The molecule has 1 aromatic heterocycles. The van der Waals surface area contributed by atoms with Crippen LogP contribution in [0.2, 0.25) is 0 Å². The summed E-state index contributed by atoms with van der Waals surface area (Å²) in [6.45, 7) is 2.71. The van der Waals surface area contributed by atoms with Crippen LogP contribution in [0.5, 0.6) is 0 Å². The second-order valence-electron chi connectivity index (χ2n) is 5.31. The number of amides is 1. The number of carbonyl (C=O) groups excluding carboxylic acids is 1. The minimum Gasteiger partial charge on any atom is -0.355 e. The summed E-state index contributed by atoms with van der Waals surface area (Å²) in [5.74, 6) is 0.421. The summed E-state index contributed by atoms with van der Waals surface area (Å²) in [4.78, 5) is 16.5. The van der Waals surface area contributed by atoms with Crippen molar-refractivity contribution in [1.29, 1.82) is 0 Å². The number of hydrogen-bond donors (Lipinski definition) is 2. The van der Waals surface area contributed by atoms with Crippen molar-refractivity contribution >= 4 is 17.2 Å². The normalized spacial score (nSPS) is 29.7. The molecule has 0 aliphatic carbocycles. The van der Waals surface area contributed by atoms with Gasteiger partial charge in [-0.2, -0.15) is 0 Å². The molecule has 0 radical (unpaired) electrons. The fourth-order valence-corrected chi connectivity index (χ4v) is 3.83. The summed E-state index contributed by atoms with van der Waals surface area (Å²) in [5, 5.41) is 9.72. The Labute approximate surface area is 111 Å². The third-order valence-electron chi connectivity index (χ3n) is 3.94. The van der Waals surface area contributed by atoms with Gasteiger partial charge in [0.05, 0.1) is 10.9 Å². The van der Waals surface area contributed by atoms with Crippen molar-refractivity contribution in [2.24, 2.45) is 5.92 Å². The molecule has 2 bridgehead atoms. The van der Waals surface area contributed by atoms with Gasteiger partial charge in [-0.3, -0.25) is 4.79 Å². The van der Waals surface area contributed by atoms with E-state index >= 15 is 0 Å².